The molecular weight excluding hydrogens is 436 g/mol. The zero-order chi connectivity index (χ0) is 22.8. The summed E-state index contributed by atoms with van der Waals surface area (Å²) in [5.74, 6) is 0.462. The van der Waals surface area contributed by atoms with Gasteiger partial charge in [-0.3, -0.25) is 4.90 Å². The van der Waals surface area contributed by atoms with Crippen LogP contribution in [0.2, 0.25) is 0 Å². The lowest BCUT2D eigenvalue weighted by Crippen LogP contribution is -2.49. The van der Waals surface area contributed by atoms with E-state index in [0.717, 1.165) is 27.5 Å². The molecular formula is C26H24N2O4S. The zero-order valence-corrected chi connectivity index (χ0v) is 19.2. The van der Waals surface area contributed by atoms with Crippen molar-refractivity contribution in [3.05, 3.63) is 90.0 Å². The van der Waals surface area contributed by atoms with E-state index >= 15 is 0 Å². The molecule has 3 aromatic carbocycles. The molecule has 0 aromatic heterocycles. The van der Waals surface area contributed by atoms with Crippen LogP contribution in [-0.2, 0) is 20.1 Å². The van der Waals surface area contributed by atoms with Crippen LogP contribution < -0.4 is 9.64 Å². The van der Waals surface area contributed by atoms with E-state index in [1.165, 1.54) is 0 Å². The molecule has 6 nitrogen and oxygen atoms in total. The number of amidine groups is 1. The summed E-state index contributed by atoms with van der Waals surface area (Å²) in [5, 5.41) is 4.32. The van der Waals surface area contributed by atoms with E-state index in [9.17, 15) is 4.79 Å². The summed E-state index contributed by atoms with van der Waals surface area (Å²) in [6, 6.07) is 26.1. The Morgan fingerprint density at radius 1 is 1.09 bits per heavy atom. The van der Waals surface area contributed by atoms with E-state index in [-0.39, 0.29) is 17.7 Å². The van der Waals surface area contributed by atoms with Gasteiger partial charge in [0, 0.05) is 22.1 Å². The Balaban J connectivity index is 1.68. The third-order valence-electron chi connectivity index (χ3n) is 5.86. The van der Waals surface area contributed by atoms with Gasteiger partial charge in [-0.2, -0.15) is 0 Å². The van der Waals surface area contributed by atoms with Crippen LogP contribution in [0.3, 0.4) is 0 Å². The first-order chi connectivity index (χ1) is 16.2. The molecule has 0 saturated heterocycles. The van der Waals surface area contributed by atoms with Gasteiger partial charge in [0.15, 0.2) is 0 Å². The van der Waals surface area contributed by atoms with Gasteiger partial charge in [-0.15, -0.1) is 11.8 Å². The Morgan fingerprint density at radius 3 is 2.55 bits per heavy atom. The Bertz CT molecular complexity index is 1180. The Kier molecular flexibility index (Phi) is 5.72. The summed E-state index contributed by atoms with van der Waals surface area (Å²) in [7, 11) is 1.66. The number of esters is 1. The number of hydrogen-bond acceptors (Lipinski definition) is 7. The SMILES string of the molecule is CCOC(=O)C1=NOC2(c3ccccc3)CC(c3ccc(OC)cc3)Sc3ccccc3N12. The first-order valence-electron chi connectivity index (χ1n) is 10.8. The second-order valence-corrected chi connectivity index (χ2v) is 9.01. The summed E-state index contributed by atoms with van der Waals surface area (Å²) >= 11 is 1.75. The summed E-state index contributed by atoms with van der Waals surface area (Å²) in [4.78, 5) is 22.1. The standard InChI is InChI=1S/C26H24N2O4S/c1-3-31-25(29)24-27-32-26(19-9-5-4-6-10-19)17-23(18-13-15-20(30-2)16-14-18)33-22-12-8-7-11-21(22)28(24)26/h4-16,23H,3,17H2,1-2H3. The molecule has 0 radical (unpaired) electrons. The summed E-state index contributed by atoms with van der Waals surface area (Å²) < 4.78 is 10.7. The number of oxime groups is 1. The number of nitrogens with zero attached hydrogens (tertiary/aromatic N) is 2. The number of thioether (sulfide) groups is 1. The minimum Gasteiger partial charge on any atom is -0.497 e. The molecule has 2 aliphatic heterocycles. The highest BCUT2D eigenvalue weighted by molar-refractivity contribution is 7.99. The van der Waals surface area contributed by atoms with Crippen molar-refractivity contribution in [1.82, 2.24) is 0 Å². The average molecular weight is 461 g/mol. The molecule has 0 saturated carbocycles. The van der Waals surface area contributed by atoms with Crippen molar-refractivity contribution in [3.8, 4) is 5.75 Å². The van der Waals surface area contributed by atoms with Crippen molar-refractivity contribution in [2.24, 2.45) is 5.16 Å². The van der Waals surface area contributed by atoms with Crippen LogP contribution >= 0.6 is 11.8 Å². The van der Waals surface area contributed by atoms with Gasteiger partial charge in [-0.1, -0.05) is 59.8 Å². The zero-order valence-electron chi connectivity index (χ0n) is 18.4. The number of fused-ring (bicyclic) bond motifs is 3. The fraction of sp³-hybridized carbons (Fsp3) is 0.231. The van der Waals surface area contributed by atoms with E-state index < -0.39 is 11.7 Å². The third-order valence-corrected chi connectivity index (χ3v) is 7.19. The maximum absolute atomic E-state index is 12.9. The molecule has 2 unspecified atom stereocenters. The van der Waals surface area contributed by atoms with Gasteiger partial charge in [-0.25, -0.2) is 4.79 Å². The lowest BCUT2D eigenvalue weighted by molar-refractivity contribution is -0.135. The topological polar surface area (TPSA) is 60.4 Å². The highest BCUT2D eigenvalue weighted by Gasteiger charge is 2.54. The quantitative estimate of drug-likeness (QED) is 0.469. The molecule has 33 heavy (non-hydrogen) atoms. The number of carbonyl (C=O) groups excluding carboxylic acids is 1. The predicted molar refractivity (Wildman–Crippen MR) is 128 cm³/mol. The largest absolute Gasteiger partial charge is 0.497 e. The molecule has 0 fully saturated rings. The molecule has 0 amide bonds. The number of methoxy groups -OCH3 is 1. The molecule has 2 heterocycles. The van der Waals surface area contributed by atoms with Crippen LogP contribution in [0.25, 0.3) is 0 Å². The van der Waals surface area contributed by atoms with Crippen molar-refractivity contribution in [3.63, 3.8) is 0 Å². The number of benzene rings is 3. The van der Waals surface area contributed by atoms with Crippen molar-refractivity contribution in [2.45, 2.75) is 29.2 Å². The van der Waals surface area contributed by atoms with Gasteiger partial charge in [0.05, 0.1) is 19.4 Å². The maximum atomic E-state index is 12.9. The normalized spacial score (nSPS) is 21.2. The smallest absolute Gasteiger partial charge is 0.378 e. The van der Waals surface area contributed by atoms with E-state index in [0.29, 0.717) is 6.42 Å². The number of anilines is 1. The van der Waals surface area contributed by atoms with Crippen molar-refractivity contribution in [1.29, 1.82) is 0 Å². The second kappa shape index (κ2) is 8.83. The lowest BCUT2D eigenvalue weighted by atomic mass is 9.92. The fourth-order valence-electron chi connectivity index (χ4n) is 4.32. The molecule has 3 aromatic rings. The van der Waals surface area contributed by atoms with Crippen LogP contribution in [0.15, 0.2) is 88.9 Å². The second-order valence-electron chi connectivity index (χ2n) is 7.76. The number of rotatable bonds is 5. The van der Waals surface area contributed by atoms with E-state index in [1.54, 1.807) is 25.8 Å². The van der Waals surface area contributed by atoms with Crippen LogP contribution in [0.1, 0.15) is 29.7 Å². The number of hydrogen-bond donors (Lipinski definition) is 0. The minimum absolute atomic E-state index is 0.0407. The van der Waals surface area contributed by atoms with Gasteiger partial charge in [0.2, 0.25) is 5.72 Å². The first-order valence-corrected chi connectivity index (χ1v) is 11.7. The molecule has 0 aliphatic carbocycles. The molecule has 2 atom stereocenters. The summed E-state index contributed by atoms with van der Waals surface area (Å²) in [6.45, 7) is 2.04. The molecule has 0 spiro atoms. The molecule has 0 N–H and O–H groups in total. The molecule has 2 aliphatic rings. The van der Waals surface area contributed by atoms with Crippen LogP contribution in [0, 0.1) is 0 Å². The molecule has 5 rings (SSSR count). The molecule has 0 bridgehead atoms. The molecule has 7 heteroatoms. The van der Waals surface area contributed by atoms with Crippen LogP contribution in [-0.4, -0.2) is 25.5 Å². The van der Waals surface area contributed by atoms with Crippen LogP contribution in [0.4, 0.5) is 5.69 Å². The number of carbonyl (C=O) groups is 1. The number of para-hydroxylation sites is 1. The minimum atomic E-state index is -0.993. The van der Waals surface area contributed by atoms with Gasteiger partial charge in [0.25, 0.3) is 5.84 Å². The van der Waals surface area contributed by atoms with Gasteiger partial charge in [-0.05, 0) is 36.8 Å². The Labute approximate surface area is 197 Å². The van der Waals surface area contributed by atoms with E-state index in [2.05, 4.69) is 23.4 Å². The van der Waals surface area contributed by atoms with Gasteiger partial charge < -0.3 is 14.3 Å². The predicted octanol–water partition coefficient (Wildman–Crippen LogP) is 5.50. The van der Waals surface area contributed by atoms with Crippen molar-refractivity contribution in [2.75, 3.05) is 18.6 Å². The average Bonchev–Trinajstić information content (AvgIpc) is 3.18. The van der Waals surface area contributed by atoms with E-state index in [1.807, 2.05) is 65.6 Å². The molecule has 168 valence electrons. The fourth-order valence-corrected chi connectivity index (χ4v) is 5.67. The first kappa shape index (κ1) is 21.4. The number of ether oxygens (including phenoxy) is 2. The van der Waals surface area contributed by atoms with Gasteiger partial charge >= 0.3 is 5.97 Å². The van der Waals surface area contributed by atoms with Gasteiger partial charge in [0.1, 0.15) is 5.75 Å². The summed E-state index contributed by atoms with van der Waals surface area (Å²) in [5.41, 5.74) is 1.93. The van der Waals surface area contributed by atoms with Crippen molar-refractivity contribution >= 4 is 29.3 Å². The highest BCUT2D eigenvalue weighted by Crippen LogP contribution is 2.55. The van der Waals surface area contributed by atoms with Crippen LogP contribution in [0.5, 0.6) is 5.75 Å². The Hall–Kier alpha value is -3.45. The van der Waals surface area contributed by atoms with Crippen molar-refractivity contribution < 1.29 is 19.1 Å². The maximum Gasteiger partial charge on any atom is 0.378 e. The highest BCUT2D eigenvalue weighted by atomic mass is 32.2. The third kappa shape index (κ3) is 3.72. The summed E-state index contributed by atoms with van der Waals surface area (Å²) in [6.07, 6.45) is 0.565. The Morgan fingerprint density at radius 2 is 1.82 bits per heavy atom. The monoisotopic (exact) mass is 460 g/mol. The lowest BCUT2D eigenvalue weighted by Gasteiger charge is -2.37. The van der Waals surface area contributed by atoms with E-state index in [4.69, 9.17) is 14.3 Å².